The van der Waals surface area contributed by atoms with Gasteiger partial charge in [-0.05, 0) is 37.0 Å². The van der Waals surface area contributed by atoms with Gasteiger partial charge in [-0.1, -0.05) is 44.2 Å². The monoisotopic (exact) mass is 310 g/mol. The molecular formula is C17H27ClN2O. The van der Waals surface area contributed by atoms with Crippen LogP contribution in [0.5, 0.6) is 0 Å². The van der Waals surface area contributed by atoms with Gasteiger partial charge in [0.15, 0.2) is 0 Å². The predicted octanol–water partition coefficient (Wildman–Crippen LogP) is 4.43. The van der Waals surface area contributed by atoms with Gasteiger partial charge in [0.2, 0.25) is 5.91 Å². The molecule has 1 aromatic carbocycles. The molecule has 4 heteroatoms. The molecule has 1 fully saturated rings. The summed E-state index contributed by atoms with van der Waals surface area (Å²) in [6, 6.07) is 7.84. The van der Waals surface area contributed by atoms with E-state index in [9.17, 15) is 4.79 Å². The maximum atomic E-state index is 11.9. The second-order valence-corrected chi connectivity index (χ2v) is 6.00. The van der Waals surface area contributed by atoms with Gasteiger partial charge in [0, 0.05) is 18.2 Å². The van der Waals surface area contributed by atoms with Gasteiger partial charge in [-0.3, -0.25) is 4.79 Å². The highest BCUT2D eigenvalue weighted by Crippen LogP contribution is 2.27. The number of carbonyl (C=O) groups excluding carboxylic acids is 1. The number of benzene rings is 1. The zero-order valence-corrected chi connectivity index (χ0v) is 13.6. The molecule has 0 aliphatic heterocycles. The normalized spacial score (nSPS) is 16.9. The Kier molecular flexibility index (Phi) is 7.76. The molecule has 1 aliphatic rings. The van der Waals surface area contributed by atoms with Crippen LogP contribution >= 0.6 is 12.4 Å². The van der Waals surface area contributed by atoms with Gasteiger partial charge in [-0.2, -0.15) is 0 Å². The van der Waals surface area contributed by atoms with Crippen LogP contribution in [0.25, 0.3) is 0 Å². The average Bonchev–Trinajstić information content (AvgIpc) is 2.47. The summed E-state index contributed by atoms with van der Waals surface area (Å²) < 4.78 is 0. The lowest BCUT2D eigenvalue weighted by Gasteiger charge is -2.21. The topological polar surface area (TPSA) is 55.1 Å². The first-order valence-corrected chi connectivity index (χ1v) is 7.80. The van der Waals surface area contributed by atoms with Crippen LogP contribution in [0.3, 0.4) is 0 Å². The Hall–Kier alpha value is -1.06. The molecule has 1 aliphatic carbocycles. The van der Waals surface area contributed by atoms with E-state index in [-0.39, 0.29) is 24.4 Å². The minimum absolute atomic E-state index is 0. The standard InChI is InChI=1S/C17H26N2O.ClH/c1-13(18)15-8-10-16(11-9-15)19-17(20)12-7-14-5-3-2-4-6-14;/h8-11,13-14H,2-7,12,18H2,1H3,(H,19,20);1H. The Morgan fingerprint density at radius 1 is 1.24 bits per heavy atom. The fourth-order valence-corrected chi connectivity index (χ4v) is 2.90. The van der Waals surface area contributed by atoms with Crippen LogP contribution in [0.1, 0.15) is 63.5 Å². The predicted molar refractivity (Wildman–Crippen MR) is 90.7 cm³/mol. The zero-order chi connectivity index (χ0) is 14.4. The molecule has 0 saturated heterocycles. The minimum Gasteiger partial charge on any atom is -0.326 e. The number of anilines is 1. The number of halogens is 1. The van der Waals surface area contributed by atoms with E-state index in [4.69, 9.17) is 5.73 Å². The maximum Gasteiger partial charge on any atom is 0.224 e. The third-order valence-corrected chi connectivity index (χ3v) is 4.22. The smallest absolute Gasteiger partial charge is 0.224 e. The summed E-state index contributed by atoms with van der Waals surface area (Å²) >= 11 is 0. The van der Waals surface area contributed by atoms with Crippen LogP contribution in [0.4, 0.5) is 5.69 Å². The Morgan fingerprint density at radius 3 is 2.43 bits per heavy atom. The van der Waals surface area contributed by atoms with Gasteiger partial charge < -0.3 is 11.1 Å². The van der Waals surface area contributed by atoms with Gasteiger partial charge in [0.25, 0.3) is 0 Å². The molecule has 21 heavy (non-hydrogen) atoms. The van der Waals surface area contributed by atoms with Crippen LogP contribution in [-0.2, 0) is 4.79 Å². The highest BCUT2D eigenvalue weighted by atomic mass is 35.5. The summed E-state index contributed by atoms with van der Waals surface area (Å²) in [5, 5.41) is 2.97. The fourth-order valence-electron chi connectivity index (χ4n) is 2.90. The van der Waals surface area contributed by atoms with Crippen LogP contribution in [0.15, 0.2) is 24.3 Å². The van der Waals surface area contributed by atoms with Crippen molar-refractivity contribution in [3.8, 4) is 0 Å². The van der Waals surface area contributed by atoms with Gasteiger partial charge in [0.05, 0.1) is 0 Å². The molecule has 0 radical (unpaired) electrons. The van der Waals surface area contributed by atoms with E-state index < -0.39 is 0 Å². The molecule has 2 rings (SSSR count). The molecule has 1 unspecified atom stereocenters. The number of nitrogens with one attached hydrogen (secondary N) is 1. The summed E-state index contributed by atoms with van der Waals surface area (Å²) in [6.45, 7) is 1.96. The molecule has 1 saturated carbocycles. The van der Waals surface area contributed by atoms with Crippen molar-refractivity contribution >= 4 is 24.0 Å². The fraction of sp³-hybridized carbons (Fsp3) is 0.588. The first kappa shape index (κ1) is 18.0. The highest BCUT2D eigenvalue weighted by molar-refractivity contribution is 5.90. The van der Waals surface area contributed by atoms with E-state index >= 15 is 0 Å². The van der Waals surface area contributed by atoms with Crippen LogP contribution < -0.4 is 11.1 Å². The van der Waals surface area contributed by atoms with E-state index in [2.05, 4.69) is 5.32 Å². The quantitative estimate of drug-likeness (QED) is 0.845. The minimum atomic E-state index is 0. The number of rotatable bonds is 5. The molecule has 1 atom stereocenters. The second-order valence-electron chi connectivity index (χ2n) is 6.00. The third-order valence-electron chi connectivity index (χ3n) is 4.22. The summed E-state index contributed by atoms with van der Waals surface area (Å²) in [7, 11) is 0. The van der Waals surface area contributed by atoms with E-state index in [1.165, 1.54) is 32.1 Å². The maximum absolute atomic E-state index is 11.9. The van der Waals surface area contributed by atoms with Crippen molar-refractivity contribution in [2.75, 3.05) is 5.32 Å². The Morgan fingerprint density at radius 2 is 1.86 bits per heavy atom. The Balaban J connectivity index is 0.00000220. The zero-order valence-electron chi connectivity index (χ0n) is 12.8. The average molecular weight is 311 g/mol. The molecule has 0 spiro atoms. The SMILES string of the molecule is CC(N)c1ccc(NC(=O)CCC2CCCCC2)cc1.Cl. The van der Waals surface area contributed by atoms with E-state index in [1.54, 1.807) is 0 Å². The number of hydrogen-bond acceptors (Lipinski definition) is 2. The number of hydrogen-bond donors (Lipinski definition) is 2. The highest BCUT2D eigenvalue weighted by Gasteiger charge is 2.14. The summed E-state index contributed by atoms with van der Waals surface area (Å²) in [4.78, 5) is 11.9. The molecule has 3 nitrogen and oxygen atoms in total. The molecule has 0 bridgehead atoms. The lowest BCUT2D eigenvalue weighted by Crippen LogP contribution is -2.15. The van der Waals surface area contributed by atoms with Gasteiger partial charge in [-0.15, -0.1) is 12.4 Å². The van der Waals surface area contributed by atoms with Crippen LogP contribution in [0.2, 0.25) is 0 Å². The van der Waals surface area contributed by atoms with Crippen molar-refractivity contribution in [2.24, 2.45) is 11.7 Å². The summed E-state index contributed by atoms with van der Waals surface area (Å²) in [6.07, 6.45) is 8.32. The van der Waals surface area contributed by atoms with Crippen LogP contribution in [0, 0.1) is 5.92 Å². The first-order chi connectivity index (χ1) is 9.65. The van der Waals surface area contributed by atoms with Crippen molar-refractivity contribution in [3.63, 3.8) is 0 Å². The number of carbonyl (C=O) groups is 1. The Labute approximate surface area is 134 Å². The Bertz CT molecular complexity index is 425. The molecule has 0 heterocycles. The van der Waals surface area contributed by atoms with Crippen molar-refractivity contribution in [3.05, 3.63) is 29.8 Å². The molecule has 118 valence electrons. The molecule has 3 N–H and O–H groups in total. The lowest BCUT2D eigenvalue weighted by atomic mass is 9.86. The van der Waals surface area contributed by atoms with Crippen LogP contribution in [-0.4, -0.2) is 5.91 Å². The third kappa shape index (κ3) is 6.06. The van der Waals surface area contributed by atoms with E-state index in [0.29, 0.717) is 6.42 Å². The van der Waals surface area contributed by atoms with Crippen molar-refractivity contribution in [2.45, 2.75) is 57.9 Å². The van der Waals surface area contributed by atoms with Crippen molar-refractivity contribution < 1.29 is 4.79 Å². The lowest BCUT2D eigenvalue weighted by molar-refractivity contribution is -0.116. The van der Waals surface area contributed by atoms with Crippen molar-refractivity contribution in [1.82, 2.24) is 0 Å². The van der Waals surface area contributed by atoms with Gasteiger partial charge >= 0.3 is 0 Å². The largest absolute Gasteiger partial charge is 0.326 e. The second kappa shape index (κ2) is 9.06. The molecule has 1 amide bonds. The number of amides is 1. The van der Waals surface area contributed by atoms with Gasteiger partial charge in [-0.25, -0.2) is 0 Å². The first-order valence-electron chi connectivity index (χ1n) is 7.80. The molecule has 1 aromatic rings. The summed E-state index contributed by atoms with van der Waals surface area (Å²) in [5.74, 6) is 0.888. The van der Waals surface area contributed by atoms with E-state index in [0.717, 1.165) is 23.6 Å². The van der Waals surface area contributed by atoms with Crippen molar-refractivity contribution in [1.29, 1.82) is 0 Å². The van der Waals surface area contributed by atoms with Gasteiger partial charge in [0.1, 0.15) is 0 Å². The summed E-state index contributed by atoms with van der Waals surface area (Å²) in [5.41, 5.74) is 7.76. The molecular weight excluding hydrogens is 284 g/mol. The number of nitrogens with two attached hydrogens (primary N) is 1. The van der Waals surface area contributed by atoms with E-state index in [1.807, 2.05) is 31.2 Å². The molecule has 0 aromatic heterocycles.